The third-order valence-electron chi connectivity index (χ3n) is 7.36. The fourth-order valence-electron chi connectivity index (χ4n) is 5.03. The van der Waals surface area contributed by atoms with Crippen LogP contribution in [-0.2, 0) is 6.42 Å². The maximum atomic E-state index is 4.31. The fourth-order valence-corrected chi connectivity index (χ4v) is 5.03. The Morgan fingerprint density at radius 1 is 1.07 bits per heavy atom. The molecule has 30 heavy (non-hydrogen) atoms. The summed E-state index contributed by atoms with van der Waals surface area (Å²) in [5, 5.41) is 3.57. The van der Waals surface area contributed by atoms with Crippen LogP contribution >= 0.6 is 0 Å². The Kier molecular flexibility index (Phi) is 9.52. The van der Waals surface area contributed by atoms with E-state index in [9.17, 15) is 0 Å². The Labute approximate surface area is 185 Å². The normalized spacial score (nSPS) is 20.7. The molecule has 0 spiro atoms. The summed E-state index contributed by atoms with van der Waals surface area (Å²) in [6, 6.07) is 9.47. The molecule has 2 heteroatoms. The smallest absolute Gasteiger partial charge is 0.0143 e. The summed E-state index contributed by atoms with van der Waals surface area (Å²) in [4.78, 5) is 2.59. The third kappa shape index (κ3) is 7.01. The summed E-state index contributed by atoms with van der Waals surface area (Å²) in [6.07, 6.45) is 15.2. The van der Waals surface area contributed by atoms with Crippen LogP contribution in [0.4, 0.5) is 0 Å². The van der Waals surface area contributed by atoms with E-state index in [2.05, 4.69) is 61.0 Å². The molecule has 1 aliphatic heterocycles. The lowest BCUT2D eigenvalue weighted by Gasteiger charge is -2.31. The van der Waals surface area contributed by atoms with Crippen molar-refractivity contribution in [2.24, 2.45) is 11.8 Å². The van der Waals surface area contributed by atoms with Gasteiger partial charge in [0, 0.05) is 18.2 Å². The first-order valence-electron chi connectivity index (χ1n) is 12.6. The molecule has 1 unspecified atom stereocenters. The predicted octanol–water partition coefficient (Wildman–Crippen LogP) is 6.83. The van der Waals surface area contributed by atoms with Crippen LogP contribution in [0.5, 0.6) is 0 Å². The Morgan fingerprint density at radius 2 is 1.83 bits per heavy atom. The molecule has 3 rings (SSSR count). The molecule has 166 valence electrons. The SMILES string of the molecule is C=C(NCCCCC)C1CC=C(c2ccc(CCC3CCN(CC)CC3)cc2)CC1. The van der Waals surface area contributed by atoms with Gasteiger partial charge in [-0.3, -0.25) is 0 Å². The number of unbranched alkanes of at least 4 members (excludes halogenated alkanes) is 2. The maximum Gasteiger partial charge on any atom is 0.0143 e. The first-order valence-corrected chi connectivity index (χ1v) is 12.6. The van der Waals surface area contributed by atoms with Crippen LogP contribution in [0.1, 0.15) is 82.8 Å². The Hall–Kier alpha value is -1.54. The second-order valence-corrected chi connectivity index (χ2v) is 9.47. The molecule has 1 aromatic carbocycles. The molecule has 1 aliphatic carbocycles. The first kappa shape index (κ1) is 23.1. The summed E-state index contributed by atoms with van der Waals surface area (Å²) >= 11 is 0. The Balaban J connectivity index is 1.41. The van der Waals surface area contributed by atoms with Gasteiger partial charge in [0.05, 0.1) is 0 Å². The summed E-state index contributed by atoms with van der Waals surface area (Å²) in [6.45, 7) is 13.8. The van der Waals surface area contributed by atoms with Gasteiger partial charge >= 0.3 is 0 Å². The second-order valence-electron chi connectivity index (χ2n) is 9.47. The van der Waals surface area contributed by atoms with Gasteiger partial charge in [-0.1, -0.05) is 63.6 Å². The summed E-state index contributed by atoms with van der Waals surface area (Å²) in [5.41, 5.74) is 5.72. The lowest BCUT2D eigenvalue weighted by Crippen LogP contribution is -2.33. The minimum absolute atomic E-state index is 0.605. The minimum Gasteiger partial charge on any atom is -0.389 e. The van der Waals surface area contributed by atoms with Gasteiger partial charge in [0.15, 0.2) is 0 Å². The molecular weight excluding hydrogens is 364 g/mol. The maximum absolute atomic E-state index is 4.31. The molecule has 1 N–H and O–H groups in total. The molecule has 1 fully saturated rings. The zero-order valence-corrected chi connectivity index (χ0v) is 19.6. The van der Waals surface area contributed by atoms with Crippen LogP contribution in [0.25, 0.3) is 5.57 Å². The van der Waals surface area contributed by atoms with Gasteiger partial charge in [-0.15, -0.1) is 0 Å². The molecule has 0 bridgehead atoms. The highest BCUT2D eigenvalue weighted by atomic mass is 15.1. The lowest BCUT2D eigenvalue weighted by molar-refractivity contribution is 0.187. The zero-order chi connectivity index (χ0) is 21.2. The largest absolute Gasteiger partial charge is 0.389 e. The highest BCUT2D eigenvalue weighted by molar-refractivity contribution is 5.66. The van der Waals surface area contributed by atoms with Crippen molar-refractivity contribution in [2.75, 3.05) is 26.2 Å². The van der Waals surface area contributed by atoms with Crippen LogP contribution in [0, 0.1) is 11.8 Å². The van der Waals surface area contributed by atoms with Gasteiger partial charge < -0.3 is 10.2 Å². The highest BCUT2D eigenvalue weighted by Gasteiger charge is 2.19. The molecule has 1 saturated heterocycles. The van der Waals surface area contributed by atoms with Crippen molar-refractivity contribution in [3.8, 4) is 0 Å². The number of hydrogen-bond acceptors (Lipinski definition) is 2. The zero-order valence-electron chi connectivity index (χ0n) is 19.6. The lowest BCUT2D eigenvalue weighted by atomic mass is 9.84. The van der Waals surface area contributed by atoms with Gasteiger partial charge in [0.2, 0.25) is 0 Å². The third-order valence-corrected chi connectivity index (χ3v) is 7.36. The summed E-state index contributed by atoms with van der Waals surface area (Å²) in [5.74, 6) is 1.53. The molecule has 0 saturated carbocycles. The number of rotatable bonds is 11. The van der Waals surface area contributed by atoms with E-state index in [4.69, 9.17) is 0 Å². The molecule has 0 radical (unpaired) electrons. The van der Waals surface area contributed by atoms with Gasteiger partial charge in [-0.05, 0) is 93.6 Å². The average molecular weight is 409 g/mol. The quantitative estimate of drug-likeness (QED) is 0.404. The monoisotopic (exact) mass is 408 g/mol. The van der Waals surface area contributed by atoms with Crippen molar-refractivity contribution in [3.05, 3.63) is 53.7 Å². The molecule has 0 amide bonds. The van der Waals surface area contributed by atoms with Crippen molar-refractivity contribution in [1.29, 1.82) is 0 Å². The number of allylic oxidation sites excluding steroid dienone is 3. The number of likely N-dealkylation sites (tertiary alicyclic amines) is 1. The fraction of sp³-hybridized carbons (Fsp3) is 0.643. The Bertz CT molecular complexity index is 664. The first-order chi connectivity index (χ1) is 14.7. The van der Waals surface area contributed by atoms with Crippen molar-refractivity contribution in [1.82, 2.24) is 10.2 Å². The molecule has 1 atom stereocenters. The van der Waals surface area contributed by atoms with E-state index < -0.39 is 0 Å². The number of benzene rings is 1. The number of nitrogens with one attached hydrogen (secondary N) is 1. The van der Waals surface area contributed by atoms with E-state index in [1.165, 1.54) is 99.8 Å². The highest BCUT2D eigenvalue weighted by Crippen LogP contribution is 2.33. The van der Waals surface area contributed by atoms with E-state index in [1.54, 1.807) is 0 Å². The van der Waals surface area contributed by atoms with Gasteiger partial charge in [0.1, 0.15) is 0 Å². The van der Waals surface area contributed by atoms with Crippen LogP contribution < -0.4 is 5.32 Å². The van der Waals surface area contributed by atoms with E-state index in [1.807, 2.05) is 0 Å². The number of piperidine rings is 1. The van der Waals surface area contributed by atoms with Gasteiger partial charge in [-0.25, -0.2) is 0 Å². The molecule has 2 nitrogen and oxygen atoms in total. The van der Waals surface area contributed by atoms with Crippen LogP contribution in [0.15, 0.2) is 42.6 Å². The molecule has 0 aromatic heterocycles. The van der Waals surface area contributed by atoms with E-state index in [-0.39, 0.29) is 0 Å². The summed E-state index contributed by atoms with van der Waals surface area (Å²) in [7, 11) is 0. The number of nitrogens with zero attached hydrogens (tertiary/aromatic N) is 1. The van der Waals surface area contributed by atoms with Crippen LogP contribution in [0.3, 0.4) is 0 Å². The van der Waals surface area contributed by atoms with Crippen LogP contribution in [-0.4, -0.2) is 31.1 Å². The van der Waals surface area contributed by atoms with E-state index in [0.29, 0.717) is 5.92 Å². The molecule has 2 aliphatic rings. The van der Waals surface area contributed by atoms with Gasteiger partial charge in [-0.2, -0.15) is 0 Å². The second kappa shape index (κ2) is 12.3. The molecular formula is C28H44N2. The minimum atomic E-state index is 0.605. The topological polar surface area (TPSA) is 15.3 Å². The predicted molar refractivity (Wildman–Crippen MR) is 132 cm³/mol. The molecule has 1 aromatic rings. The van der Waals surface area contributed by atoms with Crippen molar-refractivity contribution in [2.45, 2.75) is 78.1 Å². The van der Waals surface area contributed by atoms with Crippen molar-refractivity contribution < 1.29 is 0 Å². The standard InChI is InChI=1S/C28H44N2/c1-4-6-7-20-29-23(3)26-14-16-28(17-15-26)27-12-10-24(11-13-27)8-9-25-18-21-30(5-2)22-19-25/h10-13,16,25-26,29H,3-9,14-15,17-22H2,1-2H3. The summed E-state index contributed by atoms with van der Waals surface area (Å²) < 4.78 is 0. The van der Waals surface area contributed by atoms with Crippen molar-refractivity contribution in [3.63, 3.8) is 0 Å². The number of aryl methyl sites for hydroxylation is 1. The molecule has 1 heterocycles. The van der Waals surface area contributed by atoms with Crippen molar-refractivity contribution >= 4 is 5.57 Å². The average Bonchev–Trinajstić information content (AvgIpc) is 2.81. The number of hydrogen-bond donors (Lipinski definition) is 1. The van der Waals surface area contributed by atoms with Crippen LogP contribution in [0.2, 0.25) is 0 Å². The van der Waals surface area contributed by atoms with E-state index in [0.717, 1.165) is 18.9 Å². The Morgan fingerprint density at radius 3 is 2.47 bits per heavy atom. The van der Waals surface area contributed by atoms with Gasteiger partial charge in [0.25, 0.3) is 0 Å². The van der Waals surface area contributed by atoms with E-state index >= 15 is 0 Å².